The van der Waals surface area contributed by atoms with Crippen molar-refractivity contribution in [1.82, 2.24) is 14.8 Å². The fraction of sp³-hybridized carbons (Fsp3) is 0.100. The molecule has 0 radical (unpaired) electrons. The van der Waals surface area contributed by atoms with Gasteiger partial charge in [-0.05, 0) is 17.7 Å². The van der Waals surface area contributed by atoms with E-state index >= 15 is 4.39 Å². The van der Waals surface area contributed by atoms with Crippen LogP contribution in [0, 0.1) is 5.82 Å². The predicted molar refractivity (Wildman–Crippen MR) is 105 cm³/mol. The first-order chi connectivity index (χ1) is 13.0. The molecule has 0 amide bonds. The van der Waals surface area contributed by atoms with Gasteiger partial charge < -0.3 is 4.74 Å². The number of nitrogens with zero attached hydrogens (tertiary/aromatic N) is 3. The van der Waals surface area contributed by atoms with E-state index in [1.807, 2.05) is 30.3 Å². The number of ether oxygens (including phenoxy) is 1. The van der Waals surface area contributed by atoms with Gasteiger partial charge in [0.1, 0.15) is 17.5 Å². The van der Waals surface area contributed by atoms with Crippen molar-refractivity contribution in [3.8, 4) is 17.0 Å². The second-order valence-electron chi connectivity index (χ2n) is 6.01. The number of aromatic nitrogens is 3. The quantitative estimate of drug-likeness (QED) is 0.414. The van der Waals surface area contributed by atoms with Gasteiger partial charge in [0.2, 0.25) is 0 Å². The molecule has 7 heteroatoms. The molecule has 0 spiro atoms. The first-order valence-corrected chi connectivity index (χ1v) is 8.93. The van der Waals surface area contributed by atoms with Gasteiger partial charge in [-0.1, -0.05) is 53.5 Å². The number of fused-ring (bicyclic) bond motifs is 1. The maximum absolute atomic E-state index is 15.2. The molecule has 0 N–H and O–H groups in total. The minimum atomic E-state index is -0.562. The molecule has 27 heavy (non-hydrogen) atoms. The molecule has 4 nitrogen and oxygen atoms in total. The van der Waals surface area contributed by atoms with Crippen LogP contribution in [0.4, 0.5) is 4.39 Å². The summed E-state index contributed by atoms with van der Waals surface area (Å²) >= 11 is 12.1. The highest BCUT2D eigenvalue weighted by Gasteiger charge is 2.20. The molecule has 0 unspecified atom stereocenters. The van der Waals surface area contributed by atoms with E-state index in [4.69, 9.17) is 27.9 Å². The number of rotatable bonds is 4. The van der Waals surface area contributed by atoms with E-state index in [-0.39, 0.29) is 22.9 Å². The fourth-order valence-corrected chi connectivity index (χ4v) is 3.26. The maximum atomic E-state index is 15.2. The molecule has 0 aliphatic heterocycles. The summed E-state index contributed by atoms with van der Waals surface area (Å²) < 4.78 is 22.5. The van der Waals surface area contributed by atoms with Gasteiger partial charge in [0.05, 0.1) is 10.5 Å². The SMILES string of the molecule is Cn1nc(-c2ccc(Cl)c(OCc3ccccc3)c2F)c2cnc(Cl)cc21. The van der Waals surface area contributed by atoms with Gasteiger partial charge in [-0.2, -0.15) is 5.10 Å². The summed E-state index contributed by atoms with van der Waals surface area (Å²) in [4.78, 5) is 4.08. The highest BCUT2D eigenvalue weighted by atomic mass is 35.5. The Bertz CT molecular complexity index is 1130. The first-order valence-electron chi connectivity index (χ1n) is 8.18. The van der Waals surface area contributed by atoms with E-state index in [0.29, 0.717) is 16.2 Å². The largest absolute Gasteiger partial charge is 0.484 e. The Morgan fingerprint density at radius 2 is 1.89 bits per heavy atom. The molecule has 2 aromatic heterocycles. The van der Waals surface area contributed by atoms with Crippen LogP contribution in [-0.2, 0) is 13.7 Å². The summed E-state index contributed by atoms with van der Waals surface area (Å²) in [7, 11) is 1.77. The Hall–Kier alpha value is -2.63. The van der Waals surface area contributed by atoms with Gasteiger partial charge in [-0.25, -0.2) is 9.37 Å². The molecular weight excluding hydrogens is 388 g/mol. The Balaban J connectivity index is 1.77. The van der Waals surface area contributed by atoms with Gasteiger partial charge in [0.25, 0.3) is 0 Å². The minimum absolute atomic E-state index is 0.00116. The number of hydrogen-bond donors (Lipinski definition) is 0. The maximum Gasteiger partial charge on any atom is 0.176 e. The van der Waals surface area contributed by atoms with Crippen LogP contribution in [0.1, 0.15) is 5.56 Å². The van der Waals surface area contributed by atoms with Crippen LogP contribution >= 0.6 is 23.2 Å². The third-order valence-corrected chi connectivity index (χ3v) is 4.74. The van der Waals surface area contributed by atoms with Crippen molar-refractivity contribution in [2.45, 2.75) is 6.61 Å². The predicted octanol–water partition coefficient (Wildman–Crippen LogP) is 5.66. The van der Waals surface area contributed by atoms with Crippen molar-refractivity contribution >= 4 is 34.1 Å². The van der Waals surface area contributed by atoms with Crippen LogP contribution < -0.4 is 4.74 Å². The van der Waals surface area contributed by atoms with Crippen molar-refractivity contribution in [2.24, 2.45) is 7.05 Å². The van der Waals surface area contributed by atoms with Gasteiger partial charge in [-0.3, -0.25) is 4.68 Å². The van der Waals surface area contributed by atoms with Gasteiger partial charge in [0, 0.05) is 30.3 Å². The number of halogens is 3. The summed E-state index contributed by atoms with van der Waals surface area (Å²) in [5.41, 5.74) is 2.42. The third-order valence-electron chi connectivity index (χ3n) is 4.23. The molecule has 0 saturated heterocycles. The number of pyridine rings is 1. The van der Waals surface area contributed by atoms with Crippen molar-refractivity contribution < 1.29 is 9.13 Å². The molecular formula is C20H14Cl2FN3O. The van der Waals surface area contributed by atoms with E-state index < -0.39 is 5.82 Å². The number of aryl methyl sites for hydroxylation is 1. The molecule has 0 fully saturated rings. The zero-order valence-corrected chi connectivity index (χ0v) is 15.8. The fourth-order valence-electron chi connectivity index (χ4n) is 2.90. The molecule has 0 saturated carbocycles. The Labute approximate surface area is 165 Å². The van der Waals surface area contributed by atoms with Crippen LogP contribution in [0.5, 0.6) is 5.75 Å². The summed E-state index contributed by atoms with van der Waals surface area (Å²) in [6, 6.07) is 14.4. The van der Waals surface area contributed by atoms with Crippen LogP contribution in [0.15, 0.2) is 54.7 Å². The summed E-state index contributed by atoms with van der Waals surface area (Å²) in [5, 5.41) is 5.67. The highest BCUT2D eigenvalue weighted by Crippen LogP contribution is 2.37. The number of benzene rings is 2. The standard InChI is InChI=1S/C20H14Cl2FN3O/c1-26-16-9-17(22)24-10-14(16)19(25-26)13-7-8-15(21)20(18(13)23)27-11-12-5-3-2-4-6-12/h2-10H,11H2,1H3. The molecule has 2 aromatic carbocycles. The summed E-state index contributed by atoms with van der Waals surface area (Å²) in [6.07, 6.45) is 1.58. The molecule has 2 heterocycles. The third kappa shape index (κ3) is 3.36. The van der Waals surface area contributed by atoms with Crippen molar-refractivity contribution in [2.75, 3.05) is 0 Å². The van der Waals surface area contributed by atoms with Crippen LogP contribution in [0.3, 0.4) is 0 Å². The average molecular weight is 402 g/mol. The van der Waals surface area contributed by atoms with Crippen molar-refractivity contribution in [3.63, 3.8) is 0 Å². The molecule has 0 aliphatic rings. The monoisotopic (exact) mass is 401 g/mol. The summed E-state index contributed by atoms with van der Waals surface area (Å²) in [6.45, 7) is 0.209. The number of hydrogen-bond acceptors (Lipinski definition) is 3. The van der Waals surface area contributed by atoms with Gasteiger partial charge in [0.15, 0.2) is 11.6 Å². The van der Waals surface area contributed by atoms with Gasteiger partial charge >= 0.3 is 0 Å². The second-order valence-corrected chi connectivity index (χ2v) is 6.80. The molecule has 0 bridgehead atoms. The van der Waals surface area contributed by atoms with Gasteiger partial charge in [-0.15, -0.1) is 0 Å². The Morgan fingerprint density at radius 3 is 2.67 bits per heavy atom. The molecule has 0 aliphatic carbocycles. The van der Waals surface area contributed by atoms with E-state index in [9.17, 15) is 0 Å². The molecule has 4 aromatic rings. The van der Waals surface area contributed by atoms with E-state index in [1.165, 1.54) is 0 Å². The average Bonchev–Trinajstić information content (AvgIpc) is 2.98. The lowest BCUT2D eigenvalue weighted by atomic mass is 10.1. The van der Waals surface area contributed by atoms with E-state index in [2.05, 4.69) is 10.1 Å². The topological polar surface area (TPSA) is 39.9 Å². The van der Waals surface area contributed by atoms with E-state index in [0.717, 1.165) is 11.1 Å². The second kappa shape index (κ2) is 7.18. The van der Waals surface area contributed by atoms with Crippen LogP contribution in [0.25, 0.3) is 22.2 Å². The lowest BCUT2D eigenvalue weighted by molar-refractivity contribution is 0.291. The van der Waals surface area contributed by atoms with Crippen molar-refractivity contribution in [3.05, 3.63) is 76.3 Å². The Morgan fingerprint density at radius 1 is 1.11 bits per heavy atom. The lowest BCUT2D eigenvalue weighted by Crippen LogP contribution is -2.00. The van der Waals surface area contributed by atoms with Crippen molar-refractivity contribution in [1.29, 1.82) is 0 Å². The molecule has 4 rings (SSSR count). The molecule has 0 atom stereocenters. The Kier molecular flexibility index (Phi) is 4.72. The summed E-state index contributed by atoms with van der Waals surface area (Å²) in [5.74, 6) is -0.563. The smallest absolute Gasteiger partial charge is 0.176 e. The highest BCUT2D eigenvalue weighted by molar-refractivity contribution is 6.32. The van der Waals surface area contributed by atoms with E-state index in [1.54, 1.807) is 36.1 Å². The zero-order valence-electron chi connectivity index (χ0n) is 14.3. The molecule has 136 valence electrons. The van der Waals surface area contributed by atoms with Crippen LogP contribution in [0.2, 0.25) is 10.2 Å². The van der Waals surface area contributed by atoms with Crippen LogP contribution in [-0.4, -0.2) is 14.8 Å². The normalized spacial score (nSPS) is 11.1. The minimum Gasteiger partial charge on any atom is -0.484 e. The zero-order chi connectivity index (χ0) is 19.0. The first kappa shape index (κ1) is 17.8. The lowest BCUT2D eigenvalue weighted by Gasteiger charge is -2.11.